The van der Waals surface area contributed by atoms with Crippen LogP contribution in [0.3, 0.4) is 0 Å². The van der Waals surface area contributed by atoms with Gasteiger partial charge in [0.2, 0.25) is 5.95 Å². The Hall–Kier alpha value is -2.96. The molecule has 1 aromatic heterocycles. The number of methoxy groups -OCH3 is 1. The third-order valence-corrected chi connectivity index (χ3v) is 4.06. The average Bonchev–Trinajstić information content (AvgIpc) is 2.68. The molecule has 1 N–H and O–H groups in total. The monoisotopic (exact) mass is 340 g/mol. The predicted molar refractivity (Wildman–Crippen MR) is 92.9 cm³/mol. The van der Waals surface area contributed by atoms with Crippen LogP contribution in [-0.4, -0.2) is 46.9 Å². The zero-order valence-electron chi connectivity index (χ0n) is 14.1. The molecular formula is C18H20N4O3. The van der Waals surface area contributed by atoms with Crippen molar-refractivity contribution < 1.29 is 14.3 Å². The standard InChI is InChI=1S/C18H20N4O3/c1-25-17(24)13-6-5-7-14(12-13)20-18-19-9-8-15(21-18)16(23)22-10-3-2-4-11-22/h5-9,12H,2-4,10-11H2,1H3,(H,19,20,21). The largest absolute Gasteiger partial charge is 0.465 e. The van der Waals surface area contributed by atoms with Crippen LogP contribution in [0.25, 0.3) is 0 Å². The maximum absolute atomic E-state index is 12.5. The van der Waals surface area contributed by atoms with Crippen molar-refractivity contribution in [2.45, 2.75) is 19.3 Å². The zero-order valence-corrected chi connectivity index (χ0v) is 14.1. The van der Waals surface area contributed by atoms with Crippen molar-refractivity contribution >= 4 is 23.5 Å². The minimum absolute atomic E-state index is 0.0755. The number of hydrogen-bond donors (Lipinski definition) is 1. The Kier molecular flexibility index (Phi) is 5.23. The summed E-state index contributed by atoms with van der Waals surface area (Å²) in [7, 11) is 1.33. The van der Waals surface area contributed by atoms with E-state index in [-0.39, 0.29) is 5.91 Å². The molecule has 130 valence electrons. The van der Waals surface area contributed by atoms with E-state index < -0.39 is 5.97 Å². The fourth-order valence-electron chi connectivity index (χ4n) is 2.77. The number of nitrogens with zero attached hydrogens (tertiary/aromatic N) is 3. The molecule has 7 nitrogen and oxygen atoms in total. The first-order valence-electron chi connectivity index (χ1n) is 8.25. The molecule has 2 aromatic rings. The smallest absolute Gasteiger partial charge is 0.337 e. The second kappa shape index (κ2) is 7.74. The Labute approximate surface area is 146 Å². The van der Waals surface area contributed by atoms with Gasteiger partial charge in [0, 0.05) is 25.0 Å². The minimum Gasteiger partial charge on any atom is -0.465 e. The van der Waals surface area contributed by atoms with Crippen molar-refractivity contribution in [3.8, 4) is 0 Å². The number of piperidine rings is 1. The third kappa shape index (κ3) is 4.12. The summed E-state index contributed by atoms with van der Waals surface area (Å²) in [6.45, 7) is 1.54. The zero-order chi connectivity index (χ0) is 17.6. The average molecular weight is 340 g/mol. The highest BCUT2D eigenvalue weighted by atomic mass is 16.5. The van der Waals surface area contributed by atoms with Crippen LogP contribution >= 0.6 is 0 Å². The van der Waals surface area contributed by atoms with Crippen molar-refractivity contribution in [1.82, 2.24) is 14.9 Å². The second-order valence-corrected chi connectivity index (χ2v) is 5.82. The molecule has 0 saturated carbocycles. The SMILES string of the molecule is COC(=O)c1cccc(Nc2nccc(C(=O)N3CCCCC3)n2)c1. The summed E-state index contributed by atoms with van der Waals surface area (Å²) < 4.78 is 4.71. The number of carbonyl (C=O) groups is 2. The number of anilines is 2. The number of benzene rings is 1. The van der Waals surface area contributed by atoms with E-state index in [4.69, 9.17) is 4.74 Å². The van der Waals surface area contributed by atoms with E-state index in [1.165, 1.54) is 7.11 Å². The fourth-order valence-corrected chi connectivity index (χ4v) is 2.77. The summed E-state index contributed by atoms with van der Waals surface area (Å²) in [5, 5.41) is 3.02. The molecule has 0 unspecified atom stereocenters. The molecule has 1 aromatic carbocycles. The lowest BCUT2D eigenvalue weighted by Crippen LogP contribution is -2.36. The molecule has 3 rings (SSSR count). The lowest BCUT2D eigenvalue weighted by molar-refractivity contribution is 0.0600. The molecule has 0 spiro atoms. The van der Waals surface area contributed by atoms with Crippen LogP contribution in [0.15, 0.2) is 36.5 Å². The van der Waals surface area contributed by atoms with Crippen LogP contribution in [0.4, 0.5) is 11.6 Å². The number of likely N-dealkylation sites (tertiary alicyclic amines) is 1. The van der Waals surface area contributed by atoms with Crippen LogP contribution in [-0.2, 0) is 4.74 Å². The Bertz CT molecular complexity index is 772. The summed E-state index contributed by atoms with van der Waals surface area (Å²) >= 11 is 0. The van der Waals surface area contributed by atoms with Crippen molar-refractivity contribution in [2.75, 3.05) is 25.5 Å². The van der Waals surface area contributed by atoms with E-state index in [0.29, 0.717) is 22.9 Å². The number of ether oxygens (including phenoxy) is 1. The summed E-state index contributed by atoms with van der Waals surface area (Å²) in [5.74, 6) is -0.183. The molecule has 1 saturated heterocycles. The molecule has 7 heteroatoms. The normalized spacial score (nSPS) is 14.0. The van der Waals surface area contributed by atoms with E-state index in [1.54, 1.807) is 36.5 Å². The third-order valence-electron chi connectivity index (χ3n) is 4.06. The van der Waals surface area contributed by atoms with Gasteiger partial charge < -0.3 is 15.0 Å². The van der Waals surface area contributed by atoms with Crippen molar-refractivity contribution in [3.05, 3.63) is 47.8 Å². The van der Waals surface area contributed by atoms with E-state index >= 15 is 0 Å². The van der Waals surface area contributed by atoms with Gasteiger partial charge >= 0.3 is 5.97 Å². The number of esters is 1. The Morgan fingerprint density at radius 3 is 2.72 bits per heavy atom. The molecule has 2 heterocycles. The predicted octanol–water partition coefficient (Wildman–Crippen LogP) is 2.63. The highest BCUT2D eigenvalue weighted by Gasteiger charge is 2.19. The van der Waals surface area contributed by atoms with E-state index in [0.717, 1.165) is 32.4 Å². The molecule has 0 aliphatic carbocycles. The molecule has 0 atom stereocenters. The van der Waals surface area contributed by atoms with Gasteiger partial charge in [-0.3, -0.25) is 4.79 Å². The lowest BCUT2D eigenvalue weighted by Gasteiger charge is -2.26. The van der Waals surface area contributed by atoms with Crippen molar-refractivity contribution in [2.24, 2.45) is 0 Å². The molecule has 1 fully saturated rings. The van der Waals surface area contributed by atoms with Gasteiger partial charge in [0.1, 0.15) is 5.69 Å². The second-order valence-electron chi connectivity index (χ2n) is 5.82. The maximum atomic E-state index is 12.5. The van der Waals surface area contributed by atoms with Crippen LogP contribution in [0.2, 0.25) is 0 Å². The highest BCUT2D eigenvalue weighted by Crippen LogP contribution is 2.17. The molecule has 1 aliphatic heterocycles. The maximum Gasteiger partial charge on any atom is 0.337 e. The number of nitrogens with one attached hydrogen (secondary N) is 1. The highest BCUT2D eigenvalue weighted by molar-refractivity contribution is 5.93. The van der Waals surface area contributed by atoms with Crippen LogP contribution in [0.5, 0.6) is 0 Å². The molecule has 1 amide bonds. The van der Waals surface area contributed by atoms with Gasteiger partial charge in [0.05, 0.1) is 12.7 Å². The first kappa shape index (κ1) is 16.9. The van der Waals surface area contributed by atoms with Crippen molar-refractivity contribution in [3.63, 3.8) is 0 Å². The van der Waals surface area contributed by atoms with Gasteiger partial charge in [-0.1, -0.05) is 6.07 Å². The quantitative estimate of drug-likeness (QED) is 0.861. The van der Waals surface area contributed by atoms with Gasteiger partial charge in [0.15, 0.2) is 0 Å². The van der Waals surface area contributed by atoms with E-state index in [1.807, 2.05) is 4.90 Å². The molecule has 0 bridgehead atoms. The Morgan fingerprint density at radius 2 is 1.96 bits per heavy atom. The number of carbonyl (C=O) groups excluding carboxylic acids is 2. The number of aromatic nitrogens is 2. The van der Waals surface area contributed by atoms with Crippen molar-refractivity contribution in [1.29, 1.82) is 0 Å². The van der Waals surface area contributed by atoms with Crippen LogP contribution in [0.1, 0.15) is 40.1 Å². The molecular weight excluding hydrogens is 320 g/mol. The van der Waals surface area contributed by atoms with Gasteiger partial charge in [-0.15, -0.1) is 0 Å². The van der Waals surface area contributed by atoms with E-state index in [2.05, 4.69) is 15.3 Å². The summed E-state index contributed by atoms with van der Waals surface area (Å²) in [5.41, 5.74) is 1.43. The number of rotatable bonds is 4. The summed E-state index contributed by atoms with van der Waals surface area (Å²) in [6.07, 6.45) is 4.78. The van der Waals surface area contributed by atoms with E-state index in [9.17, 15) is 9.59 Å². The van der Waals surface area contributed by atoms with Gasteiger partial charge in [-0.05, 0) is 43.5 Å². The first-order chi connectivity index (χ1) is 12.2. The molecule has 1 aliphatic rings. The van der Waals surface area contributed by atoms with Gasteiger partial charge in [-0.2, -0.15) is 0 Å². The van der Waals surface area contributed by atoms with Crippen LogP contribution in [0, 0.1) is 0 Å². The summed E-state index contributed by atoms with van der Waals surface area (Å²) in [4.78, 5) is 34.4. The molecule has 0 radical (unpaired) electrons. The number of amides is 1. The van der Waals surface area contributed by atoms with Crippen LogP contribution < -0.4 is 5.32 Å². The van der Waals surface area contributed by atoms with Gasteiger partial charge in [-0.25, -0.2) is 14.8 Å². The first-order valence-corrected chi connectivity index (χ1v) is 8.25. The molecule has 25 heavy (non-hydrogen) atoms. The Morgan fingerprint density at radius 1 is 1.16 bits per heavy atom. The minimum atomic E-state index is -0.418. The fraction of sp³-hybridized carbons (Fsp3) is 0.333. The number of hydrogen-bond acceptors (Lipinski definition) is 6. The topological polar surface area (TPSA) is 84.4 Å². The lowest BCUT2D eigenvalue weighted by atomic mass is 10.1. The summed E-state index contributed by atoms with van der Waals surface area (Å²) in [6, 6.07) is 8.45. The van der Waals surface area contributed by atoms with Gasteiger partial charge in [0.25, 0.3) is 5.91 Å². The Balaban J connectivity index is 1.75.